The standard InChI is InChI=1S/C24H24ClN3S/c25-19-9-1-5-17-6-2-10-20(23(17)19)27-15-13-26-14-16-28-21-11-3-7-18-8-4-12-22(29)24(18)21/h1-12,26-29H,13-16H2. The average molecular weight is 422 g/mol. The van der Waals surface area contributed by atoms with Crippen molar-refractivity contribution in [2.75, 3.05) is 36.8 Å². The Morgan fingerprint density at radius 2 is 1.14 bits per heavy atom. The number of thiol groups is 1. The smallest absolute Gasteiger partial charge is 0.0505 e. The first kappa shape index (κ1) is 19.9. The summed E-state index contributed by atoms with van der Waals surface area (Å²) in [6.45, 7) is 3.43. The third-order valence-corrected chi connectivity index (χ3v) is 5.66. The Morgan fingerprint density at radius 3 is 1.79 bits per heavy atom. The molecule has 0 bridgehead atoms. The third-order valence-electron chi connectivity index (χ3n) is 4.97. The van der Waals surface area contributed by atoms with Crippen LogP contribution in [0.4, 0.5) is 11.4 Å². The van der Waals surface area contributed by atoms with Gasteiger partial charge >= 0.3 is 0 Å². The Morgan fingerprint density at radius 1 is 0.621 bits per heavy atom. The molecular weight excluding hydrogens is 398 g/mol. The second-order valence-electron chi connectivity index (χ2n) is 6.93. The first-order valence-corrected chi connectivity index (χ1v) is 10.6. The highest BCUT2D eigenvalue weighted by Crippen LogP contribution is 2.30. The molecule has 0 heterocycles. The zero-order valence-corrected chi connectivity index (χ0v) is 17.7. The van der Waals surface area contributed by atoms with Crippen LogP contribution in [0.3, 0.4) is 0 Å². The van der Waals surface area contributed by atoms with Gasteiger partial charge in [0.05, 0.1) is 5.02 Å². The lowest BCUT2D eigenvalue weighted by Crippen LogP contribution is -2.27. The molecule has 4 aromatic rings. The van der Waals surface area contributed by atoms with E-state index in [1.807, 2.05) is 24.3 Å². The normalized spacial score (nSPS) is 11.1. The summed E-state index contributed by atoms with van der Waals surface area (Å²) in [7, 11) is 0. The van der Waals surface area contributed by atoms with Gasteiger partial charge < -0.3 is 16.0 Å². The second-order valence-corrected chi connectivity index (χ2v) is 7.82. The van der Waals surface area contributed by atoms with Crippen molar-refractivity contribution in [1.29, 1.82) is 0 Å². The van der Waals surface area contributed by atoms with E-state index in [0.717, 1.165) is 58.2 Å². The average Bonchev–Trinajstić information content (AvgIpc) is 2.73. The number of hydrogen-bond acceptors (Lipinski definition) is 4. The Hall–Kier alpha value is -2.40. The molecule has 0 fully saturated rings. The fourth-order valence-electron chi connectivity index (χ4n) is 3.61. The molecule has 0 aliphatic heterocycles. The van der Waals surface area contributed by atoms with Gasteiger partial charge in [-0.25, -0.2) is 0 Å². The van der Waals surface area contributed by atoms with Crippen LogP contribution in [-0.2, 0) is 0 Å². The summed E-state index contributed by atoms with van der Waals surface area (Å²) in [5.41, 5.74) is 2.20. The van der Waals surface area contributed by atoms with Crippen LogP contribution in [0.15, 0.2) is 77.7 Å². The van der Waals surface area contributed by atoms with Gasteiger partial charge in [0.15, 0.2) is 0 Å². The molecule has 148 valence electrons. The number of rotatable bonds is 8. The van der Waals surface area contributed by atoms with Crippen LogP contribution >= 0.6 is 24.2 Å². The first-order valence-electron chi connectivity index (χ1n) is 9.80. The lowest BCUT2D eigenvalue weighted by atomic mass is 10.1. The molecule has 29 heavy (non-hydrogen) atoms. The summed E-state index contributed by atoms with van der Waals surface area (Å²) in [4.78, 5) is 0.997. The molecule has 4 aromatic carbocycles. The molecule has 0 saturated heterocycles. The van der Waals surface area contributed by atoms with Gasteiger partial charge in [0.25, 0.3) is 0 Å². The van der Waals surface area contributed by atoms with E-state index in [-0.39, 0.29) is 0 Å². The molecule has 0 saturated carbocycles. The zero-order chi connectivity index (χ0) is 20.1. The van der Waals surface area contributed by atoms with Crippen molar-refractivity contribution in [3.8, 4) is 0 Å². The Bertz CT molecular complexity index is 1030. The van der Waals surface area contributed by atoms with Crippen LogP contribution in [0.2, 0.25) is 5.02 Å². The van der Waals surface area contributed by atoms with Gasteiger partial charge in [-0.15, -0.1) is 12.6 Å². The van der Waals surface area contributed by atoms with Crippen LogP contribution in [-0.4, -0.2) is 26.2 Å². The third kappa shape index (κ3) is 4.61. The molecule has 5 heteroatoms. The first-order chi connectivity index (χ1) is 14.2. The molecule has 0 aliphatic carbocycles. The van der Waals surface area contributed by atoms with Gasteiger partial charge in [-0.3, -0.25) is 0 Å². The molecule has 4 rings (SSSR count). The van der Waals surface area contributed by atoms with E-state index in [1.165, 1.54) is 10.8 Å². The summed E-state index contributed by atoms with van der Waals surface area (Å²) in [6.07, 6.45) is 0. The molecule has 0 atom stereocenters. The fourth-order valence-corrected chi connectivity index (χ4v) is 4.23. The highest BCUT2D eigenvalue weighted by Gasteiger charge is 2.05. The minimum Gasteiger partial charge on any atom is -0.383 e. The van der Waals surface area contributed by atoms with Gasteiger partial charge in [-0.2, -0.15) is 0 Å². The molecular formula is C24H24ClN3S. The van der Waals surface area contributed by atoms with Gasteiger partial charge in [-0.1, -0.05) is 60.1 Å². The van der Waals surface area contributed by atoms with Crippen molar-refractivity contribution in [2.45, 2.75) is 4.90 Å². The van der Waals surface area contributed by atoms with Crippen LogP contribution in [0.1, 0.15) is 0 Å². The molecule has 3 N–H and O–H groups in total. The van der Waals surface area contributed by atoms with E-state index in [0.29, 0.717) is 0 Å². The van der Waals surface area contributed by atoms with Gasteiger partial charge in [0, 0.05) is 53.2 Å². The number of halogens is 1. The van der Waals surface area contributed by atoms with Crippen molar-refractivity contribution in [2.24, 2.45) is 0 Å². The van der Waals surface area contributed by atoms with Crippen LogP contribution < -0.4 is 16.0 Å². The Balaban J connectivity index is 1.26. The van der Waals surface area contributed by atoms with E-state index in [2.05, 4.69) is 77.1 Å². The van der Waals surface area contributed by atoms with Crippen molar-refractivity contribution < 1.29 is 0 Å². The zero-order valence-electron chi connectivity index (χ0n) is 16.1. The minimum absolute atomic E-state index is 0.779. The van der Waals surface area contributed by atoms with E-state index in [4.69, 9.17) is 11.6 Å². The highest BCUT2D eigenvalue weighted by atomic mass is 35.5. The SMILES string of the molecule is Sc1cccc2cccc(NCCNCCNc3cccc4cccc(Cl)c34)c12. The van der Waals surface area contributed by atoms with Crippen LogP contribution in [0.25, 0.3) is 21.5 Å². The number of nitrogens with one attached hydrogen (secondary N) is 3. The highest BCUT2D eigenvalue weighted by molar-refractivity contribution is 7.80. The quantitative estimate of drug-likeness (QED) is 0.206. The molecule has 0 aliphatic rings. The van der Waals surface area contributed by atoms with E-state index in [9.17, 15) is 0 Å². The molecule has 0 unspecified atom stereocenters. The van der Waals surface area contributed by atoms with Crippen molar-refractivity contribution in [3.63, 3.8) is 0 Å². The van der Waals surface area contributed by atoms with Gasteiger partial charge in [-0.05, 0) is 35.0 Å². The second kappa shape index (κ2) is 9.40. The summed E-state index contributed by atoms with van der Waals surface area (Å²) < 4.78 is 0. The number of anilines is 2. The van der Waals surface area contributed by atoms with Crippen molar-refractivity contribution in [1.82, 2.24) is 5.32 Å². The topological polar surface area (TPSA) is 36.1 Å². The van der Waals surface area contributed by atoms with Crippen molar-refractivity contribution in [3.05, 3.63) is 77.8 Å². The molecule has 0 amide bonds. The summed E-state index contributed by atoms with van der Waals surface area (Å²) >= 11 is 11.0. The summed E-state index contributed by atoms with van der Waals surface area (Å²) in [5, 5.41) is 15.9. The van der Waals surface area contributed by atoms with Crippen LogP contribution in [0.5, 0.6) is 0 Å². The molecule has 0 aromatic heterocycles. The maximum Gasteiger partial charge on any atom is 0.0505 e. The Labute approximate surface area is 181 Å². The maximum atomic E-state index is 6.38. The largest absolute Gasteiger partial charge is 0.383 e. The van der Waals surface area contributed by atoms with E-state index >= 15 is 0 Å². The number of fused-ring (bicyclic) bond motifs is 2. The van der Waals surface area contributed by atoms with E-state index in [1.54, 1.807) is 0 Å². The predicted octanol–water partition coefficient (Wildman–Crippen LogP) is 6.05. The molecule has 0 spiro atoms. The van der Waals surface area contributed by atoms with Gasteiger partial charge in [0.2, 0.25) is 0 Å². The predicted molar refractivity (Wildman–Crippen MR) is 130 cm³/mol. The summed E-state index contributed by atoms with van der Waals surface area (Å²) in [5.74, 6) is 0. The molecule has 3 nitrogen and oxygen atoms in total. The van der Waals surface area contributed by atoms with E-state index < -0.39 is 0 Å². The Kier molecular flexibility index (Phi) is 6.45. The monoisotopic (exact) mass is 421 g/mol. The maximum absolute atomic E-state index is 6.38. The lowest BCUT2D eigenvalue weighted by Gasteiger charge is -2.13. The fraction of sp³-hybridized carbons (Fsp3) is 0.167. The lowest BCUT2D eigenvalue weighted by molar-refractivity contribution is 0.719. The van der Waals surface area contributed by atoms with Gasteiger partial charge in [0.1, 0.15) is 0 Å². The number of benzene rings is 4. The van der Waals surface area contributed by atoms with Crippen molar-refractivity contribution >= 4 is 57.1 Å². The van der Waals surface area contributed by atoms with Crippen LogP contribution in [0, 0.1) is 0 Å². The molecule has 0 radical (unpaired) electrons. The summed E-state index contributed by atoms with van der Waals surface area (Å²) in [6, 6.07) is 24.7. The number of hydrogen-bond donors (Lipinski definition) is 4. The minimum atomic E-state index is 0.779.